The van der Waals surface area contributed by atoms with Gasteiger partial charge in [0.15, 0.2) is 0 Å². The Morgan fingerprint density at radius 1 is 1.42 bits per heavy atom. The van der Waals surface area contributed by atoms with Crippen molar-refractivity contribution < 1.29 is 9.59 Å². The van der Waals surface area contributed by atoms with Crippen LogP contribution in [-0.2, 0) is 16.1 Å². The highest BCUT2D eigenvalue weighted by atomic mass is 35.5. The molecule has 2 aromatic rings. The number of benzene rings is 1. The molecule has 1 aliphatic heterocycles. The molecule has 7 heteroatoms. The normalized spacial score (nSPS) is 15.1. The molecule has 1 aromatic carbocycles. The molecule has 6 nitrogen and oxygen atoms in total. The van der Waals surface area contributed by atoms with Crippen LogP contribution in [0.4, 0.5) is 11.5 Å². The Hall–Kier alpha value is -2.34. The molecule has 1 aliphatic rings. The van der Waals surface area contributed by atoms with Crippen molar-refractivity contribution in [3.8, 4) is 0 Å². The molecule has 2 heterocycles. The number of anilines is 2. The Morgan fingerprint density at radius 3 is 2.88 bits per heavy atom. The van der Waals surface area contributed by atoms with E-state index in [1.165, 1.54) is 0 Å². The van der Waals surface area contributed by atoms with E-state index in [-0.39, 0.29) is 11.8 Å². The van der Waals surface area contributed by atoms with Crippen LogP contribution in [0, 0.1) is 6.92 Å². The molecule has 24 heavy (non-hydrogen) atoms. The summed E-state index contributed by atoms with van der Waals surface area (Å²) in [6.07, 6.45) is 0.830. The van der Waals surface area contributed by atoms with Crippen LogP contribution < -0.4 is 10.2 Å². The van der Waals surface area contributed by atoms with Gasteiger partial charge in [-0.1, -0.05) is 30.7 Å². The summed E-state index contributed by atoms with van der Waals surface area (Å²) in [5.41, 5.74) is 1.36. The fourth-order valence-electron chi connectivity index (χ4n) is 2.94. The lowest BCUT2D eigenvalue weighted by Gasteiger charge is -2.33. The van der Waals surface area contributed by atoms with Crippen LogP contribution in [0.3, 0.4) is 0 Å². The summed E-state index contributed by atoms with van der Waals surface area (Å²) in [4.78, 5) is 26.8. The van der Waals surface area contributed by atoms with Crippen molar-refractivity contribution in [1.29, 1.82) is 0 Å². The molecule has 126 valence electrons. The Labute approximate surface area is 145 Å². The predicted molar refractivity (Wildman–Crippen MR) is 93.2 cm³/mol. The predicted octanol–water partition coefficient (Wildman–Crippen LogP) is 3.00. The van der Waals surface area contributed by atoms with E-state index in [0.717, 1.165) is 5.69 Å². The van der Waals surface area contributed by atoms with Crippen molar-refractivity contribution >= 4 is 34.9 Å². The number of hydrogen-bond donors (Lipinski definition) is 1. The van der Waals surface area contributed by atoms with Crippen LogP contribution in [-0.4, -0.2) is 27.6 Å². The summed E-state index contributed by atoms with van der Waals surface area (Å²) in [6, 6.07) is 8.27. The molecule has 2 amide bonds. The number of nitrogens with zero attached hydrogens (tertiary/aromatic N) is 3. The number of hydrogen-bond acceptors (Lipinski definition) is 3. The van der Waals surface area contributed by atoms with Crippen LogP contribution in [0.5, 0.6) is 0 Å². The zero-order valence-corrected chi connectivity index (χ0v) is 14.4. The first kappa shape index (κ1) is 16.5. The highest BCUT2D eigenvalue weighted by molar-refractivity contribution is 6.33. The largest absolute Gasteiger partial charge is 0.323 e. The van der Waals surface area contributed by atoms with E-state index in [2.05, 4.69) is 10.4 Å². The first-order valence-electron chi connectivity index (χ1n) is 7.93. The number of amides is 2. The SMILES string of the molecule is CC[C@@H](C(=O)Nc1ccccc1Cl)N1C(=O)CCn2nc(C)cc21. The van der Waals surface area contributed by atoms with E-state index < -0.39 is 6.04 Å². The van der Waals surface area contributed by atoms with Gasteiger partial charge >= 0.3 is 0 Å². The highest BCUT2D eigenvalue weighted by Crippen LogP contribution is 2.27. The monoisotopic (exact) mass is 346 g/mol. The van der Waals surface area contributed by atoms with Crippen molar-refractivity contribution in [2.24, 2.45) is 0 Å². The Bertz CT molecular complexity index is 787. The third kappa shape index (κ3) is 3.01. The highest BCUT2D eigenvalue weighted by Gasteiger charge is 2.35. The molecule has 0 spiro atoms. The van der Waals surface area contributed by atoms with Crippen LogP contribution in [0.15, 0.2) is 30.3 Å². The summed E-state index contributed by atoms with van der Waals surface area (Å²) in [5.74, 6) is 0.347. The minimum Gasteiger partial charge on any atom is -0.323 e. The molecule has 1 N–H and O–H groups in total. The summed E-state index contributed by atoms with van der Waals surface area (Å²) in [5, 5.41) is 7.67. The van der Waals surface area contributed by atoms with Crippen LogP contribution >= 0.6 is 11.6 Å². The number of para-hydroxylation sites is 1. The molecule has 1 aromatic heterocycles. The van der Waals surface area contributed by atoms with E-state index in [4.69, 9.17) is 11.6 Å². The minimum absolute atomic E-state index is 0.0661. The standard InChI is InChI=1S/C17H19ClN4O2/c1-3-14(17(24)19-13-7-5-4-6-12(13)18)22-15-10-11(2)20-21(15)9-8-16(22)23/h4-7,10,14H,3,8-9H2,1-2H3,(H,19,24)/t14-/m0/s1. The molecule has 1 atom stereocenters. The van der Waals surface area contributed by atoms with Crippen LogP contribution in [0.25, 0.3) is 0 Å². The Morgan fingerprint density at radius 2 is 2.17 bits per heavy atom. The van der Waals surface area contributed by atoms with Crippen molar-refractivity contribution in [3.05, 3.63) is 41.0 Å². The van der Waals surface area contributed by atoms with Crippen LogP contribution in [0.1, 0.15) is 25.5 Å². The molecule has 0 saturated heterocycles. The van der Waals surface area contributed by atoms with E-state index in [9.17, 15) is 9.59 Å². The van der Waals surface area contributed by atoms with E-state index >= 15 is 0 Å². The maximum Gasteiger partial charge on any atom is 0.247 e. The average molecular weight is 347 g/mol. The zero-order chi connectivity index (χ0) is 17.3. The van der Waals surface area contributed by atoms with E-state index in [1.807, 2.05) is 19.9 Å². The number of rotatable bonds is 4. The average Bonchev–Trinajstić information content (AvgIpc) is 2.93. The van der Waals surface area contributed by atoms with Gasteiger partial charge in [-0.3, -0.25) is 14.5 Å². The van der Waals surface area contributed by atoms with Crippen molar-refractivity contribution in [2.45, 2.75) is 39.3 Å². The number of aromatic nitrogens is 2. The maximum atomic E-state index is 12.8. The fourth-order valence-corrected chi connectivity index (χ4v) is 3.12. The number of carbonyl (C=O) groups is 2. The topological polar surface area (TPSA) is 67.2 Å². The Balaban J connectivity index is 1.89. The van der Waals surface area contributed by atoms with Gasteiger partial charge in [0.1, 0.15) is 11.9 Å². The lowest BCUT2D eigenvalue weighted by Crippen LogP contribution is -2.50. The number of nitrogens with one attached hydrogen (secondary N) is 1. The molecule has 3 rings (SSSR count). The lowest BCUT2D eigenvalue weighted by molar-refractivity contribution is -0.124. The molecule has 0 radical (unpaired) electrons. The molecule has 0 fully saturated rings. The number of halogens is 1. The molecular formula is C17H19ClN4O2. The number of aryl methyl sites for hydroxylation is 2. The van der Waals surface area contributed by atoms with Gasteiger partial charge < -0.3 is 5.32 Å². The Kier molecular flexibility index (Phi) is 4.57. The zero-order valence-electron chi connectivity index (χ0n) is 13.6. The lowest BCUT2D eigenvalue weighted by atomic mass is 10.1. The van der Waals surface area contributed by atoms with E-state index in [1.54, 1.807) is 33.8 Å². The molecule has 0 aliphatic carbocycles. The third-order valence-corrected chi connectivity index (χ3v) is 4.40. The quantitative estimate of drug-likeness (QED) is 0.925. The number of fused-ring (bicyclic) bond motifs is 1. The van der Waals surface area contributed by atoms with Crippen molar-refractivity contribution in [1.82, 2.24) is 9.78 Å². The van der Waals surface area contributed by atoms with Gasteiger partial charge in [0.2, 0.25) is 11.8 Å². The van der Waals surface area contributed by atoms with Crippen molar-refractivity contribution in [2.75, 3.05) is 10.2 Å². The summed E-state index contributed by atoms with van der Waals surface area (Å²) in [6.45, 7) is 4.30. The van der Waals surface area contributed by atoms with Gasteiger partial charge in [-0.25, -0.2) is 4.68 Å². The molecule has 0 saturated carbocycles. The molecular weight excluding hydrogens is 328 g/mol. The fraction of sp³-hybridized carbons (Fsp3) is 0.353. The van der Waals surface area contributed by atoms with Gasteiger partial charge in [-0.05, 0) is 25.5 Å². The van der Waals surface area contributed by atoms with Gasteiger partial charge in [0.05, 0.1) is 22.9 Å². The van der Waals surface area contributed by atoms with Gasteiger partial charge in [0, 0.05) is 12.5 Å². The minimum atomic E-state index is -0.607. The number of carbonyl (C=O) groups excluding carboxylic acids is 2. The smallest absolute Gasteiger partial charge is 0.247 e. The van der Waals surface area contributed by atoms with Gasteiger partial charge in [0.25, 0.3) is 0 Å². The summed E-state index contributed by atoms with van der Waals surface area (Å²) >= 11 is 6.11. The second-order valence-corrected chi connectivity index (χ2v) is 6.18. The van der Waals surface area contributed by atoms with Crippen molar-refractivity contribution in [3.63, 3.8) is 0 Å². The van der Waals surface area contributed by atoms with Gasteiger partial charge in [-0.2, -0.15) is 5.10 Å². The summed E-state index contributed by atoms with van der Waals surface area (Å²) in [7, 11) is 0. The third-order valence-electron chi connectivity index (χ3n) is 4.07. The summed E-state index contributed by atoms with van der Waals surface area (Å²) < 4.78 is 1.78. The molecule has 0 bridgehead atoms. The second kappa shape index (κ2) is 6.65. The second-order valence-electron chi connectivity index (χ2n) is 5.77. The molecule has 0 unspecified atom stereocenters. The first-order chi connectivity index (χ1) is 11.5. The van der Waals surface area contributed by atoms with Crippen LogP contribution in [0.2, 0.25) is 5.02 Å². The van der Waals surface area contributed by atoms with E-state index in [0.29, 0.717) is 35.9 Å². The van der Waals surface area contributed by atoms with Gasteiger partial charge in [-0.15, -0.1) is 0 Å². The maximum absolute atomic E-state index is 12.8. The first-order valence-corrected chi connectivity index (χ1v) is 8.31.